The predicted octanol–water partition coefficient (Wildman–Crippen LogP) is 2.83. The number of hydrogen-bond donors (Lipinski definition) is 2. The number of hydrogen-bond acceptors (Lipinski definition) is 4. The van der Waals surface area contributed by atoms with E-state index in [4.69, 9.17) is 5.73 Å². The Bertz CT molecular complexity index is 738. The first kappa shape index (κ1) is 14.6. The van der Waals surface area contributed by atoms with E-state index in [1.807, 2.05) is 11.4 Å². The average Bonchev–Trinajstić information content (AvgIpc) is 2.90. The number of thiophene rings is 1. The zero-order valence-corrected chi connectivity index (χ0v) is 13.2. The van der Waals surface area contributed by atoms with Gasteiger partial charge < -0.3 is 5.73 Å². The molecule has 1 aromatic carbocycles. The fourth-order valence-electron chi connectivity index (χ4n) is 2.74. The SMILES string of the molecule is Nc1ccccc1CS(=O)(=O)NC1CCCc2sccc21. The molecule has 4 nitrogen and oxygen atoms in total. The maximum absolute atomic E-state index is 12.4. The van der Waals surface area contributed by atoms with Crippen molar-refractivity contribution >= 4 is 27.0 Å². The summed E-state index contributed by atoms with van der Waals surface area (Å²) >= 11 is 1.71. The summed E-state index contributed by atoms with van der Waals surface area (Å²) in [6, 6.07) is 9.02. The number of anilines is 1. The van der Waals surface area contributed by atoms with Crippen molar-refractivity contribution in [2.45, 2.75) is 31.1 Å². The summed E-state index contributed by atoms with van der Waals surface area (Å²) < 4.78 is 27.6. The molecule has 0 amide bonds. The van der Waals surface area contributed by atoms with Gasteiger partial charge in [0.1, 0.15) is 0 Å². The lowest BCUT2D eigenvalue weighted by molar-refractivity contribution is 0.511. The molecule has 1 unspecified atom stereocenters. The standard InChI is InChI=1S/C15H18N2O2S2/c16-13-5-2-1-4-11(13)10-21(18,19)17-14-6-3-7-15-12(14)8-9-20-15/h1-2,4-5,8-9,14,17H,3,6-7,10,16H2. The lowest BCUT2D eigenvalue weighted by atomic mass is 9.95. The van der Waals surface area contributed by atoms with Crippen LogP contribution in [0.2, 0.25) is 0 Å². The molecular formula is C15H18N2O2S2. The van der Waals surface area contributed by atoms with Gasteiger partial charge in [-0.3, -0.25) is 0 Å². The summed E-state index contributed by atoms with van der Waals surface area (Å²) in [7, 11) is -3.40. The van der Waals surface area contributed by atoms with Crippen molar-refractivity contribution in [2.24, 2.45) is 0 Å². The third-order valence-electron chi connectivity index (χ3n) is 3.77. The quantitative estimate of drug-likeness (QED) is 0.850. The number of fused-ring (bicyclic) bond motifs is 1. The molecule has 1 aliphatic carbocycles. The highest BCUT2D eigenvalue weighted by atomic mass is 32.2. The average molecular weight is 322 g/mol. The first-order valence-electron chi connectivity index (χ1n) is 6.95. The van der Waals surface area contributed by atoms with E-state index in [1.165, 1.54) is 4.88 Å². The molecule has 21 heavy (non-hydrogen) atoms. The molecule has 1 aromatic heterocycles. The zero-order valence-electron chi connectivity index (χ0n) is 11.6. The van der Waals surface area contributed by atoms with Crippen molar-refractivity contribution in [3.05, 3.63) is 51.7 Å². The van der Waals surface area contributed by atoms with Gasteiger partial charge in [-0.1, -0.05) is 18.2 Å². The molecule has 3 rings (SSSR count). The molecule has 0 saturated carbocycles. The van der Waals surface area contributed by atoms with Crippen LogP contribution in [0.25, 0.3) is 0 Å². The first-order chi connectivity index (χ1) is 10.1. The molecule has 0 bridgehead atoms. The van der Waals surface area contributed by atoms with Crippen molar-refractivity contribution in [1.82, 2.24) is 4.72 Å². The summed E-state index contributed by atoms with van der Waals surface area (Å²) in [5, 5.41) is 2.03. The molecule has 3 N–H and O–H groups in total. The fourth-order valence-corrected chi connectivity index (χ4v) is 5.16. The third-order valence-corrected chi connectivity index (χ3v) is 6.11. The number of benzene rings is 1. The minimum atomic E-state index is -3.40. The fraction of sp³-hybridized carbons (Fsp3) is 0.333. The molecule has 0 saturated heterocycles. The smallest absolute Gasteiger partial charge is 0.216 e. The molecule has 0 spiro atoms. The van der Waals surface area contributed by atoms with Crippen LogP contribution in [0.3, 0.4) is 0 Å². The predicted molar refractivity (Wildman–Crippen MR) is 86.6 cm³/mol. The Morgan fingerprint density at radius 1 is 1.29 bits per heavy atom. The zero-order chi connectivity index (χ0) is 14.9. The summed E-state index contributed by atoms with van der Waals surface area (Å²) in [6.45, 7) is 0. The Labute approximate surface area is 129 Å². The number of sulfonamides is 1. The second-order valence-corrected chi connectivity index (χ2v) is 8.07. The molecule has 6 heteroatoms. The van der Waals surface area contributed by atoms with Crippen LogP contribution in [0.1, 0.15) is 34.9 Å². The van der Waals surface area contributed by atoms with E-state index >= 15 is 0 Å². The maximum atomic E-state index is 12.4. The minimum Gasteiger partial charge on any atom is -0.398 e. The van der Waals surface area contributed by atoms with E-state index in [-0.39, 0.29) is 11.8 Å². The third kappa shape index (κ3) is 3.28. The monoisotopic (exact) mass is 322 g/mol. The Kier molecular flexibility index (Phi) is 4.01. The van der Waals surface area contributed by atoms with E-state index in [0.29, 0.717) is 11.3 Å². The van der Waals surface area contributed by atoms with Gasteiger partial charge in [0, 0.05) is 16.6 Å². The highest BCUT2D eigenvalue weighted by molar-refractivity contribution is 7.88. The second-order valence-electron chi connectivity index (χ2n) is 5.32. The Morgan fingerprint density at radius 3 is 2.90 bits per heavy atom. The van der Waals surface area contributed by atoms with E-state index in [0.717, 1.165) is 24.8 Å². The van der Waals surface area contributed by atoms with Gasteiger partial charge in [0.15, 0.2) is 0 Å². The summed E-state index contributed by atoms with van der Waals surface area (Å²) in [4.78, 5) is 1.30. The molecule has 2 aromatic rings. The molecule has 112 valence electrons. The summed E-state index contributed by atoms with van der Waals surface area (Å²) in [5.74, 6) is -0.0738. The van der Waals surface area contributed by atoms with Crippen LogP contribution in [0, 0.1) is 0 Å². The summed E-state index contributed by atoms with van der Waals surface area (Å²) in [5.41, 5.74) is 8.13. The van der Waals surface area contributed by atoms with Crippen molar-refractivity contribution in [2.75, 3.05) is 5.73 Å². The van der Waals surface area contributed by atoms with E-state index in [1.54, 1.807) is 35.6 Å². The molecule has 0 radical (unpaired) electrons. The second kappa shape index (κ2) is 5.79. The van der Waals surface area contributed by atoms with E-state index in [2.05, 4.69) is 4.72 Å². The van der Waals surface area contributed by atoms with Gasteiger partial charge >= 0.3 is 0 Å². The highest BCUT2D eigenvalue weighted by Gasteiger charge is 2.25. The van der Waals surface area contributed by atoms with Gasteiger partial charge in [-0.15, -0.1) is 11.3 Å². The Morgan fingerprint density at radius 2 is 2.10 bits per heavy atom. The highest BCUT2D eigenvalue weighted by Crippen LogP contribution is 2.33. The number of nitrogens with one attached hydrogen (secondary N) is 1. The van der Waals surface area contributed by atoms with Gasteiger partial charge in [-0.25, -0.2) is 13.1 Å². The van der Waals surface area contributed by atoms with Crippen LogP contribution < -0.4 is 10.5 Å². The van der Waals surface area contributed by atoms with Crippen molar-refractivity contribution in [3.63, 3.8) is 0 Å². The van der Waals surface area contributed by atoms with Crippen LogP contribution in [-0.4, -0.2) is 8.42 Å². The van der Waals surface area contributed by atoms with Gasteiger partial charge in [0.2, 0.25) is 10.0 Å². The van der Waals surface area contributed by atoms with Crippen molar-refractivity contribution < 1.29 is 8.42 Å². The lowest BCUT2D eigenvalue weighted by Gasteiger charge is -2.23. The first-order valence-corrected chi connectivity index (χ1v) is 9.48. The summed E-state index contributed by atoms with van der Waals surface area (Å²) in [6.07, 6.45) is 2.93. The van der Waals surface area contributed by atoms with Gasteiger partial charge in [0.05, 0.1) is 5.75 Å². The van der Waals surface area contributed by atoms with Crippen LogP contribution in [0.4, 0.5) is 5.69 Å². The molecule has 1 heterocycles. The van der Waals surface area contributed by atoms with Crippen molar-refractivity contribution in [3.8, 4) is 0 Å². The van der Waals surface area contributed by atoms with Gasteiger partial charge in [0.25, 0.3) is 0 Å². The van der Waals surface area contributed by atoms with E-state index in [9.17, 15) is 8.42 Å². The molecular weight excluding hydrogens is 304 g/mol. The van der Waals surface area contributed by atoms with Crippen molar-refractivity contribution in [1.29, 1.82) is 0 Å². The lowest BCUT2D eigenvalue weighted by Crippen LogP contribution is -2.31. The van der Waals surface area contributed by atoms with Crippen LogP contribution in [0.15, 0.2) is 35.7 Å². The Hall–Kier alpha value is -1.37. The molecule has 1 atom stereocenters. The number of nitrogen functional groups attached to an aromatic ring is 1. The largest absolute Gasteiger partial charge is 0.398 e. The maximum Gasteiger partial charge on any atom is 0.216 e. The Balaban J connectivity index is 1.78. The topological polar surface area (TPSA) is 72.2 Å². The number of rotatable bonds is 4. The number of para-hydroxylation sites is 1. The van der Waals surface area contributed by atoms with Crippen LogP contribution in [-0.2, 0) is 22.2 Å². The van der Waals surface area contributed by atoms with Gasteiger partial charge in [-0.05, 0) is 47.9 Å². The van der Waals surface area contributed by atoms with E-state index < -0.39 is 10.0 Å². The number of nitrogens with two attached hydrogens (primary N) is 1. The molecule has 0 aliphatic heterocycles. The van der Waals surface area contributed by atoms with Gasteiger partial charge in [-0.2, -0.15) is 0 Å². The van der Waals surface area contributed by atoms with Crippen LogP contribution >= 0.6 is 11.3 Å². The normalized spacial score (nSPS) is 18.4. The van der Waals surface area contributed by atoms with Crippen LogP contribution in [0.5, 0.6) is 0 Å². The molecule has 0 fully saturated rings. The minimum absolute atomic E-state index is 0.0738. The number of aryl methyl sites for hydroxylation is 1. The molecule has 1 aliphatic rings.